The molecule has 3 heteroatoms. The van der Waals surface area contributed by atoms with Crippen molar-refractivity contribution in [2.24, 2.45) is 0 Å². The Bertz CT molecular complexity index is 718. The summed E-state index contributed by atoms with van der Waals surface area (Å²) in [5.74, 6) is 0.859. The third-order valence-corrected chi connectivity index (χ3v) is 6.12. The van der Waals surface area contributed by atoms with Crippen molar-refractivity contribution in [1.82, 2.24) is 5.32 Å². The Labute approximate surface area is 161 Å². The maximum atomic E-state index is 6.62. The first-order chi connectivity index (χ1) is 11.8. The third kappa shape index (κ3) is 3.47. The number of hydrogen-bond acceptors (Lipinski definition) is 1. The molecule has 25 heavy (non-hydrogen) atoms. The molecular weight excluding hydrogens is 349 g/mol. The molecule has 1 N–H and O–H groups in total. The molecule has 1 aliphatic rings. The van der Waals surface area contributed by atoms with E-state index in [0.717, 1.165) is 35.1 Å². The minimum Gasteiger partial charge on any atom is -0.315 e. The van der Waals surface area contributed by atoms with E-state index in [1.807, 2.05) is 0 Å². The molecule has 0 bridgehead atoms. The Morgan fingerprint density at radius 3 is 1.92 bits per heavy atom. The zero-order chi connectivity index (χ0) is 18.2. The number of nitrogens with one attached hydrogen (secondary N) is 1. The molecule has 2 aromatic carbocycles. The Kier molecular flexibility index (Phi) is 5.48. The van der Waals surface area contributed by atoms with Crippen LogP contribution in [-0.2, 0) is 5.41 Å². The largest absolute Gasteiger partial charge is 0.315 e. The van der Waals surface area contributed by atoms with Gasteiger partial charge in [-0.2, -0.15) is 0 Å². The van der Waals surface area contributed by atoms with Crippen LogP contribution in [0.25, 0.3) is 0 Å². The molecule has 134 valence electrons. The zero-order valence-electron chi connectivity index (χ0n) is 15.5. The first kappa shape index (κ1) is 18.8. The molecule has 1 nitrogen and oxygen atoms in total. The fourth-order valence-electron chi connectivity index (χ4n) is 3.95. The van der Waals surface area contributed by atoms with Gasteiger partial charge in [0.1, 0.15) is 0 Å². The third-order valence-electron chi connectivity index (χ3n) is 5.49. The highest BCUT2D eigenvalue weighted by Gasteiger charge is 2.38. The van der Waals surface area contributed by atoms with Gasteiger partial charge in [-0.05, 0) is 59.2 Å². The van der Waals surface area contributed by atoms with Gasteiger partial charge in [0.2, 0.25) is 0 Å². The SMILES string of the molecule is CC(C)c1ccc(C2(c3cc(Cl)c(C(C)C)c(Cl)c3)CCNC2)cc1. The molecule has 1 unspecified atom stereocenters. The predicted molar refractivity (Wildman–Crippen MR) is 109 cm³/mol. The summed E-state index contributed by atoms with van der Waals surface area (Å²) >= 11 is 13.2. The van der Waals surface area contributed by atoms with Crippen molar-refractivity contribution >= 4 is 23.2 Å². The van der Waals surface area contributed by atoms with E-state index in [1.165, 1.54) is 16.7 Å². The molecule has 0 aromatic heterocycles. The second-order valence-electron chi connectivity index (χ2n) is 7.79. The minimum absolute atomic E-state index is 0.0572. The van der Waals surface area contributed by atoms with Crippen molar-refractivity contribution in [1.29, 1.82) is 0 Å². The van der Waals surface area contributed by atoms with Gasteiger partial charge in [-0.25, -0.2) is 0 Å². The van der Waals surface area contributed by atoms with Crippen LogP contribution in [0.3, 0.4) is 0 Å². The highest BCUT2D eigenvalue weighted by atomic mass is 35.5. The van der Waals surface area contributed by atoms with Crippen LogP contribution in [0, 0.1) is 0 Å². The van der Waals surface area contributed by atoms with E-state index in [4.69, 9.17) is 23.2 Å². The van der Waals surface area contributed by atoms with Crippen LogP contribution in [-0.4, -0.2) is 13.1 Å². The van der Waals surface area contributed by atoms with Crippen LogP contribution >= 0.6 is 23.2 Å². The van der Waals surface area contributed by atoms with Gasteiger partial charge in [-0.1, -0.05) is 75.2 Å². The van der Waals surface area contributed by atoms with Crippen molar-refractivity contribution in [2.75, 3.05) is 13.1 Å². The maximum absolute atomic E-state index is 6.62. The summed E-state index contributed by atoms with van der Waals surface area (Å²) in [5, 5.41) is 5.10. The highest BCUT2D eigenvalue weighted by molar-refractivity contribution is 6.36. The number of rotatable bonds is 4. The highest BCUT2D eigenvalue weighted by Crippen LogP contribution is 2.42. The van der Waals surface area contributed by atoms with E-state index in [-0.39, 0.29) is 5.41 Å². The Hall–Kier alpha value is -1.02. The van der Waals surface area contributed by atoms with Gasteiger partial charge in [0.15, 0.2) is 0 Å². The van der Waals surface area contributed by atoms with E-state index in [1.54, 1.807) is 0 Å². The summed E-state index contributed by atoms with van der Waals surface area (Å²) < 4.78 is 0. The summed E-state index contributed by atoms with van der Waals surface area (Å²) in [6, 6.07) is 13.3. The number of benzene rings is 2. The smallest absolute Gasteiger partial charge is 0.0458 e. The van der Waals surface area contributed by atoms with Gasteiger partial charge in [-0.15, -0.1) is 0 Å². The van der Waals surface area contributed by atoms with Crippen LogP contribution in [0.2, 0.25) is 10.0 Å². The lowest BCUT2D eigenvalue weighted by atomic mass is 9.73. The summed E-state index contributed by atoms with van der Waals surface area (Å²) in [7, 11) is 0. The van der Waals surface area contributed by atoms with Gasteiger partial charge in [-0.3, -0.25) is 0 Å². The second-order valence-corrected chi connectivity index (χ2v) is 8.61. The average Bonchev–Trinajstić information content (AvgIpc) is 3.04. The lowest BCUT2D eigenvalue weighted by Gasteiger charge is -2.31. The topological polar surface area (TPSA) is 12.0 Å². The summed E-state index contributed by atoms with van der Waals surface area (Å²) in [6.07, 6.45) is 1.06. The van der Waals surface area contributed by atoms with Crippen LogP contribution in [0.15, 0.2) is 36.4 Å². The van der Waals surface area contributed by atoms with Crippen molar-refractivity contribution in [2.45, 2.75) is 51.4 Å². The first-order valence-corrected chi connectivity index (χ1v) is 9.91. The normalized spacial score (nSPS) is 20.6. The van der Waals surface area contributed by atoms with Crippen LogP contribution in [0.1, 0.15) is 68.2 Å². The summed E-state index contributed by atoms with van der Waals surface area (Å²) in [6.45, 7) is 10.6. The van der Waals surface area contributed by atoms with E-state index in [0.29, 0.717) is 11.8 Å². The fraction of sp³-hybridized carbons (Fsp3) is 0.455. The van der Waals surface area contributed by atoms with Crippen molar-refractivity contribution < 1.29 is 0 Å². The van der Waals surface area contributed by atoms with Crippen LogP contribution < -0.4 is 5.32 Å². The van der Waals surface area contributed by atoms with Crippen molar-refractivity contribution in [3.63, 3.8) is 0 Å². The van der Waals surface area contributed by atoms with Gasteiger partial charge < -0.3 is 5.32 Å². The van der Waals surface area contributed by atoms with E-state index >= 15 is 0 Å². The molecule has 0 spiro atoms. The Morgan fingerprint density at radius 2 is 1.48 bits per heavy atom. The molecule has 1 fully saturated rings. The van der Waals surface area contributed by atoms with Gasteiger partial charge >= 0.3 is 0 Å². The monoisotopic (exact) mass is 375 g/mol. The quantitative estimate of drug-likeness (QED) is 0.641. The molecule has 1 aliphatic heterocycles. The van der Waals surface area contributed by atoms with Crippen molar-refractivity contribution in [3.8, 4) is 0 Å². The fourth-order valence-corrected chi connectivity index (χ4v) is 4.87. The number of halogens is 2. The molecule has 0 radical (unpaired) electrons. The van der Waals surface area contributed by atoms with Gasteiger partial charge in [0, 0.05) is 22.0 Å². The summed E-state index contributed by atoms with van der Waals surface area (Å²) in [5.41, 5.74) is 4.91. The van der Waals surface area contributed by atoms with Gasteiger partial charge in [0.25, 0.3) is 0 Å². The number of hydrogen-bond donors (Lipinski definition) is 1. The summed E-state index contributed by atoms with van der Waals surface area (Å²) in [4.78, 5) is 0. The molecule has 0 saturated carbocycles. The Morgan fingerprint density at radius 1 is 0.880 bits per heavy atom. The average molecular weight is 376 g/mol. The Balaban J connectivity index is 2.10. The minimum atomic E-state index is -0.0572. The van der Waals surface area contributed by atoms with E-state index in [2.05, 4.69) is 69.4 Å². The predicted octanol–water partition coefficient (Wildman–Crippen LogP) is 6.52. The molecule has 1 saturated heterocycles. The first-order valence-electron chi connectivity index (χ1n) is 9.15. The van der Waals surface area contributed by atoms with Crippen LogP contribution in [0.4, 0.5) is 0 Å². The lowest BCUT2D eigenvalue weighted by Crippen LogP contribution is -2.30. The molecule has 1 heterocycles. The van der Waals surface area contributed by atoms with E-state index in [9.17, 15) is 0 Å². The molecule has 0 amide bonds. The van der Waals surface area contributed by atoms with E-state index < -0.39 is 0 Å². The molecule has 2 aromatic rings. The molecule has 0 aliphatic carbocycles. The zero-order valence-corrected chi connectivity index (χ0v) is 17.0. The standard InChI is InChI=1S/C22H27Cl2N/c1-14(2)16-5-7-17(8-6-16)22(9-10-25-13-22)18-11-19(23)21(15(3)4)20(24)12-18/h5-8,11-12,14-15,25H,9-10,13H2,1-4H3. The molecule has 3 rings (SSSR count). The second kappa shape index (κ2) is 7.31. The van der Waals surface area contributed by atoms with Crippen molar-refractivity contribution in [3.05, 3.63) is 68.7 Å². The lowest BCUT2D eigenvalue weighted by molar-refractivity contribution is 0.569. The maximum Gasteiger partial charge on any atom is 0.0458 e. The molecular formula is C22H27Cl2N. The van der Waals surface area contributed by atoms with Gasteiger partial charge in [0.05, 0.1) is 0 Å². The van der Waals surface area contributed by atoms with Crippen LogP contribution in [0.5, 0.6) is 0 Å². The molecule has 1 atom stereocenters.